The van der Waals surface area contributed by atoms with Crippen molar-refractivity contribution in [2.45, 2.75) is 31.7 Å². The van der Waals surface area contributed by atoms with Gasteiger partial charge in [0.1, 0.15) is 0 Å². The van der Waals surface area contributed by atoms with Crippen LogP contribution in [-0.4, -0.2) is 23.4 Å². The predicted octanol–water partition coefficient (Wildman–Crippen LogP) is 2.64. The van der Waals surface area contributed by atoms with E-state index in [-0.39, 0.29) is 17.8 Å². The lowest BCUT2D eigenvalue weighted by atomic mass is 10.2. The molecule has 0 bridgehead atoms. The van der Waals surface area contributed by atoms with Gasteiger partial charge in [0.05, 0.1) is 0 Å². The molecule has 0 heterocycles. The summed E-state index contributed by atoms with van der Waals surface area (Å²) in [7, 11) is 1.77. The molecule has 1 amide bonds. The zero-order valence-electron chi connectivity index (χ0n) is 6.55. The number of halogens is 2. The van der Waals surface area contributed by atoms with E-state index in [2.05, 4.69) is 0 Å². The molecular formula is C7H13Cl2NO. The molecule has 0 aromatic heterocycles. The third kappa shape index (κ3) is 2.88. The fourth-order valence-electron chi connectivity index (χ4n) is 1.44. The van der Waals surface area contributed by atoms with Crippen LogP contribution in [0.25, 0.3) is 0 Å². The fraction of sp³-hybridized carbons (Fsp3) is 0.857. The smallest absolute Gasteiger partial charge is 0.316 e. The predicted molar refractivity (Wildman–Crippen MR) is 48.5 cm³/mol. The fourth-order valence-corrected chi connectivity index (χ4v) is 1.57. The van der Waals surface area contributed by atoms with Crippen LogP contribution in [0, 0.1) is 0 Å². The standard InChI is InChI=1S/C7H12ClNO.ClH/c1-9(7(8)10)6-4-2-3-5-6;/h6H,2-5H2,1H3;1H. The van der Waals surface area contributed by atoms with Crippen molar-refractivity contribution < 1.29 is 4.79 Å². The van der Waals surface area contributed by atoms with Crippen molar-refractivity contribution in [3.8, 4) is 0 Å². The minimum atomic E-state index is -0.327. The molecule has 0 atom stereocenters. The molecule has 2 nitrogen and oxygen atoms in total. The topological polar surface area (TPSA) is 20.3 Å². The summed E-state index contributed by atoms with van der Waals surface area (Å²) in [5.41, 5.74) is 0. The van der Waals surface area contributed by atoms with Gasteiger partial charge in [-0.25, -0.2) is 0 Å². The first-order chi connectivity index (χ1) is 4.72. The van der Waals surface area contributed by atoms with Crippen LogP contribution in [0.4, 0.5) is 4.79 Å². The zero-order valence-corrected chi connectivity index (χ0v) is 8.12. The normalized spacial score (nSPS) is 17.6. The highest BCUT2D eigenvalue weighted by atomic mass is 35.5. The lowest BCUT2D eigenvalue weighted by Crippen LogP contribution is -2.30. The summed E-state index contributed by atoms with van der Waals surface area (Å²) in [5.74, 6) is 0. The molecule has 1 saturated carbocycles. The van der Waals surface area contributed by atoms with Crippen LogP contribution < -0.4 is 0 Å². The molecule has 0 aromatic rings. The highest BCUT2D eigenvalue weighted by Crippen LogP contribution is 2.22. The molecule has 1 rings (SSSR count). The monoisotopic (exact) mass is 197 g/mol. The van der Waals surface area contributed by atoms with Crippen LogP contribution in [0.15, 0.2) is 0 Å². The van der Waals surface area contributed by atoms with Crippen molar-refractivity contribution in [2.75, 3.05) is 7.05 Å². The van der Waals surface area contributed by atoms with Crippen molar-refractivity contribution >= 4 is 29.4 Å². The van der Waals surface area contributed by atoms with E-state index in [0.717, 1.165) is 12.8 Å². The van der Waals surface area contributed by atoms with E-state index < -0.39 is 0 Å². The van der Waals surface area contributed by atoms with Crippen LogP contribution in [0.1, 0.15) is 25.7 Å². The number of carbonyl (C=O) groups excluding carboxylic acids is 1. The minimum absolute atomic E-state index is 0. The Kier molecular flexibility index (Phi) is 4.86. The molecule has 0 saturated heterocycles. The third-order valence-electron chi connectivity index (χ3n) is 2.15. The highest BCUT2D eigenvalue weighted by Gasteiger charge is 2.21. The maximum atomic E-state index is 10.6. The van der Waals surface area contributed by atoms with Gasteiger partial charge in [0.15, 0.2) is 0 Å². The van der Waals surface area contributed by atoms with Gasteiger partial charge >= 0.3 is 5.37 Å². The van der Waals surface area contributed by atoms with Crippen molar-refractivity contribution in [1.82, 2.24) is 4.90 Å². The van der Waals surface area contributed by atoms with Crippen LogP contribution in [0.2, 0.25) is 0 Å². The van der Waals surface area contributed by atoms with E-state index in [0.29, 0.717) is 6.04 Å². The number of rotatable bonds is 1. The summed E-state index contributed by atoms with van der Waals surface area (Å²) in [6.07, 6.45) is 4.71. The maximum Gasteiger partial charge on any atom is 0.316 e. The van der Waals surface area contributed by atoms with E-state index in [4.69, 9.17) is 11.6 Å². The molecule has 1 aliphatic rings. The van der Waals surface area contributed by atoms with Gasteiger partial charge in [0.25, 0.3) is 0 Å². The van der Waals surface area contributed by atoms with Crippen LogP contribution in [-0.2, 0) is 0 Å². The Morgan fingerprint density at radius 1 is 1.45 bits per heavy atom. The van der Waals surface area contributed by atoms with E-state index in [9.17, 15) is 4.79 Å². The first kappa shape index (κ1) is 11.1. The summed E-state index contributed by atoms with van der Waals surface area (Å²) in [6.45, 7) is 0. The molecule has 1 aliphatic carbocycles. The Morgan fingerprint density at radius 2 is 1.91 bits per heavy atom. The molecule has 0 N–H and O–H groups in total. The molecule has 66 valence electrons. The second kappa shape index (κ2) is 4.83. The first-order valence-corrected chi connectivity index (χ1v) is 4.02. The summed E-state index contributed by atoms with van der Waals surface area (Å²) in [6, 6.07) is 0.407. The largest absolute Gasteiger partial charge is 0.329 e. The first-order valence-electron chi connectivity index (χ1n) is 3.64. The average Bonchev–Trinajstić information content (AvgIpc) is 2.36. The van der Waals surface area contributed by atoms with Crippen molar-refractivity contribution in [3.63, 3.8) is 0 Å². The van der Waals surface area contributed by atoms with Crippen LogP contribution in [0.3, 0.4) is 0 Å². The minimum Gasteiger partial charge on any atom is -0.329 e. The molecule has 1 fully saturated rings. The Balaban J connectivity index is 0.000001000. The van der Waals surface area contributed by atoms with Gasteiger partial charge in [-0.2, -0.15) is 0 Å². The Bertz CT molecular complexity index is 134. The maximum absolute atomic E-state index is 10.6. The second-order valence-corrected chi connectivity index (χ2v) is 3.13. The van der Waals surface area contributed by atoms with Crippen molar-refractivity contribution in [2.24, 2.45) is 0 Å². The van der Waals surface area contributed by atoms with E-state index in [1.54, 1.807) is 11.9 Å². The second-order valence-electron chi connectivity index (χ2n) is 2.80. The van der Waals surface area contributed by atoms with Gasteiger partial charge in [-0.15, -0.1) is 12.4 Å². The number of amides is 1. The van der Waals surface area contributed by atoms with Crippen molar-refractivity contribution in [3.05, 3.63) is 0 Å². The van der Waals surface area contributed by atoms with E-state index in [1.165, 1.54) is 12.8 Å². The Hall–Kier alpha value is 0.0500. The summed E-state index contributed by atoms with van der Waals surface area (Å²) in [4.78, 5) is 12.3. The van der Waals surface area contributed by atoms with Gasteiger partial charge in [0, 0.05) is 13.1 Å². The number of nitrogens with zero attached hydrogens (tertiary/aromatic N) is 1. The molecule has 0 spiro atoms. The number of hydrogen-bond donors (Lipinski definition) is 0. The van der Waals surface area contributed by atoms with Gasteiger partial charge < -0.3 is 4.90 Å². The molecule has 0 aromatic carbocycles. The molecule has 0 radical (unpaired) electrons. The van der Waals surface area contributed by atoms with Gasteiger partial charge in [-0.1, -0.05) is 12.8 Å². The molecule has 4 heteroatoms. The van der Waals surface area contributed by atoms with Gasteiger partial charge in [0.2, 0.25) is 0 Å². The molecule has 0 unspecified atom stereocenters. The van der Waals surface area contributed by atoms with Crippen molar-refractivity contribution in [1.29, 1.82) is 0 Å². The number of hydrogen-bond acceptors (Lipinski definition) is 1. The summed E-state index contributed by atoms with van der Waals surface area (Å²) < 4.78 is 0. The highest BCUT2D eigenvalue weighted by molar-refractivity contribution is 6.62. The summed E-state index contributed by atoms with van der Waals surface area (Å²) in [5, 5.41) is -0.327. The zero-order chi connectivity index (χ0) is 7.56. The molecular weight excluding hydrogens is 185 g/mol. The molecule has 11 heavy (non-hydrogen) atoms. The number of carbonyl (C=O) groups is 1. The Morgan fingerprint density at radius 3 is 2.27 bits per heavy atom. The van der Waals surface area contributed by atoms with Gasteiger partial charge in [-0.3, -0.25) is 4.79 Å². The SMILES string of the molecule is CN(C(=O)Cl)C1CCCC1.Cl. The lowest BCUT2D eigenvalue weighted by Gasteiger charge is -2.20. The lowest BCUT2D eigenvalue weighted by molar-refractivity contribution is 0.215. The van der Waals surface area contributed by atoms with Crippen LogP contribution >= 0.6 is 24.0 Å². The van der Waals surface area contributed by atoms with Gasteiger partial charge in [-0.05, 0) is 24.4 Å². The summed E-state index contributed by atoms with van der Waals surface area (Å²) >= 11 is 5.30. The van der Waals surface area contributed by atoms with E-state index >= 15 is 0 Å². The average molecular weight is 198 g/mol. The third-order valence-corrected chi connectivity index (χ3v) is 2.42. The Labute approximate surface area is 78.3 Å². The quantitative estimate of drug-likeness (QED) is 0.468. The van der Waals surface area contributed by atoms with E-state index in [1.807, 2.05) is 0 Å². The molecule has 0 aliphatic heterocycles. The van der Waals surface area contributed by atoms with Crippen LogP contribution in [0.5, 0.6) is 0 Å².